The third-order valence-corrected chi connectivity index (χ3v) is 3.08. The largest absolute Gasteiger partial charge is 0.481 e. The molecule has 116 valence electrons. The van der Waals surface area contributed by atoms with Crippen LogP contribution in [0.15, 0.2) is 30.3 Å². The number of aliphatic carboxylic acids is 1. The number of carboxylic acid groups (broad SMARTS) is 1. The van der Waals surface area contributed by atoms with Crippen molar-refractivity contribution in [2.24, 2.45) is 5.92 Å². The van der Waals surface area contributed by atoms with E-state index >= 15 is 0 Å². The molecule has 0 saturated heterocycles. The van der Waals surface area contributed by atoms with Gasteiger partial charge in [-0.1, -0.05) is 32.0 Å². The number of rotatable bonds is 8. The van der Waals surface area contributed by atoms with Gasteiger partial charge in [-0.05, 0) is 30.9 Å². The van der Waals surface area contributed by atoms with Crippen molar-refractivity contribution >= 4 is 17.7 Å². The lowest BCUT2D eigenvalue weighted by atomic mass is 10.1. The minimum Gasteiger partial charge on any atom is -0.481 e. The molecule has 0 unspecified atom stereocenters. The molecular weight excluding hydrogens is 268 g/mol. The predicted octanol–water partition coefficient (Wildman–Crippen LogP) is 3.11. The van der Waals surface area contributed by atoms with E-state index in [1.165, 1.54) is 0 Å². The van der Waals surface area contributed by atoms with Crippen molar-refractivity contribution in [3.05, 3.63) is 30.3 Å². The highest BCUT2D eigenvalue weighted by Gasteiger charge is 2.15. The van der Waals surface area contributed by atoms with Crippen molar-refractivity contribution in [2.45, 2.75) is 33.1 Å². The highest BCUT2D eigenvalue weighted by atomic mass is 16.4. The van der Waals surface area contributed by atoms with Gasteiger partial charge in [0.05, 0.1) is 0 Å². The maximum atomic E-state index is 12.3. The summed E-state index contributed by atoms with van der Waals surface area (Å²) in [5.41, 5.74) is 0.782. The first kappa shape index (κ1) is 17.0. The summed E-state index contributed by atoms with van der Waals surface area (Å²) in [6, 6.07) is 9.13. The predicted molar refractivity (Wildman–Crippen MR) is 83.5 cm³/mol. The number of anilines is 1. The average Bonchev–Trinajstić information content (AvgIpc) is 2.43. The number of carbonyl (C=O) groups is 2. The normalized spacial score (nSPS) is 10.4. The molecule has 1 rings (SSSR count). The zero-order chi connectivity index (χ0) is 15.7. The van der Waals surface area contributed by atoms with Crippen LogP contribution in [0.4, 0.5) is 10.5 Å². The van der Waals surface area contributed by atoms with Gasteiger partial charge in [0.2, 0.25) is 0 Å². The number of carboxylic acids is 1. The maximum Gasteiger partial charge on any atom is 0.321 e. The molecule has 0 aliphatic heterocycles. The summed E-state index contributed by atoms with van der Waals surface area (Å²) in [4.78, 5) is 24.5. The summed E-state index contributed by atoms with van der Waals surface area (Å²) in [7, 11) is 0. The second kappa shape index (κ2) is 9.00. The topological polar surface area (TPSA) is 69.6 Å². The van der Waals surface area contributed by atoms with Crippen LogP contribution in [0.5, 0.6) is 0 Å². The number of urea groups is 1. The first-order chi connectivity index (χ1) is 10.0. The van der Waals surface area contributed by atoms with E-state index in [1.807, 2.05) is 30.3 Å². The number of benzene rings is 1. The summed E-state index contributed by atoms with van der Waals surface area (Å²) in [6.45, 7) is 5.23. The van der Waals surface area contributed by atoms with Gasteiger partial charge in [-0.2, -0.15) is 0 Å². The first-order valence-electron chi connectivity index (χ1n) is 7.33. The van der Waals surface area contributed by atoms with Crippen LogP contribution in [0.3, 0.4) is 0 Å². The fourth-order valence-corrected chi connectivity index (χ4v) is 1.91. The Morgan fingerprint density at radius 1 is 1.24 bits per heavy atom. The van der Waals surface area contributed by atoms with Gasteiger partial charge < -0.3 is 10.4 Å². The number of hydrogen-bond donors (Lipinski definition) is 2. The van der Waals surface area contributed by atoms with Crippen LogP contribution < -0.4 is 10.2 Å². The quantitative estimate of drug-likeness (QED) is 0.773. The number of carbonyl (C=O) groups excluding carboxylic acids is 1. The Morgan fingerprint density at radius 3 is 2.48 bits per heavy atom. The van der Waals surface area contributed by atoms with E-state index in [2.05, 4.69) is 19.2 Å². The molecule has 1 aromatic rings. The summed E-state index contributed by atoms with van der Waals surface area (Å²) >= 11 is 0. The van der Waals surface area contributed by atoms with Gasteiger partial charge in [0.15, 0.2) is 0 Å². The highest BCUT2D eigenvalue weighted by Crippen LogP contribution is 2.14. The lowest BCUT2D eigenvalue weighted by molar-refractivity contribution is -0.137. The molecule has 0 bridgehead atoms. The van der Waals surface area contributed by atoms with Crippen molar-refractivity contribution in [1.82, 2.24) is 5.32 Å². The molecule has 2 amide bonds. The fourth-order valence-electron chi connectivity index (χ4n) is 1.91. The number of hydrogen-bond acceptors (Lipinski definition) is 2. The Hall–Kier alpha value is -2.04. The molecular formula is C16H24N2O3. The monoisotopic (exact) mass is 292 g/mol. The van der Waals surface area contributed by atoms with E-state index in [-0.39, 0.29) is 12.5 Å². The molecule has 2 N–H and O–H groups in total. The summed E-state index contributed by atoms with van der Waals surface area (Å²) in [5, 5.41) is 11.6. The molecule has 0 aromatic heterocycles. The summed E-state index contributed by atoms with van der Waals surface area (Å²) in [5.74, 6) is -0.314. The third-order valence-electron chi connectivity index (χ3n) is 3.08. The van der Waals surface area contributed by atoms with Gasteiger partial charge in [-0.15, -0.1) is 0 Å². The van der Waals surface area contributed by atoms with E-state index in [4.69, 9.17) is 5.11 Å². The van der Waals surface area contributed by atoms with Crippen LogP contribution in [-0.2, 0) is 4.79 Å². The molecule has 21 heavy (non-hydrogen) atoms. The van der Waals surface area contributed by atoms with Crippen molar-refractivity contribution in [3.63, 3.8) is 0 Å². The Labute approximate surface area is 126 Å². The number of nitrogens with zero attached hydrogens (tertiary/aromatic N) is 1. The van der Waals surface area contributed by atoms with E-state index < -0.39 is 5.97 Å². The second-order valence-corrected chi connectivity index (χ2v) is 5.40. The lowest BCUT2D eigenvalue weighted by Crippen LogP contribution is -2.41. The zero-order valence-electron chi connectivity index (χ0n) is 12.7. The SMILES string of the molecule is CC(C)CCNC(=O)N(CCCC(=O)O)c1ccccc1. The molecule has 0 radical (unpaired) electrons. The Bertz CT molecular complexity index is 446. The molecule has 0 aliphatic carbocycles. The van der Waals surface area contributed by atoms with E-state index in [9.17, 15) is 9.59 Å². The molecule has 0 saturated carbocycles. The Kier molecular flexibility index (Phi) is 7.29. The molecule has 1 aromatic carbocycles. The van der Waals surface area contributed by atoms with Crippen molar-refractivity contribution < 1.29 is 14.7 Å². The minimum atomic E-state index is -0.844. The molecule has 0 spiro atoms. The maximum absolute atomic E-state index is 12.3. The van der Waals surface area contributed by atoms with Crippen LogP contribution in [0, 0.1) is 5.92 Å². The second-order valence-electron chi connectivity index (χ2n) is 5.40. The van der Waals surface area contributed by atoms with Gasteiger partial charge >= 0.3 is 12.0 Å². The van der Waals surface area contributed by atoms with Crippen molar-refractivity contribution in [3.8, 4) is 0 Å². The third kappa shape index (κ3) is 6.79. The van der Waals surface area contributed by atoms with Gasteiger partial charge in [0, 0.05) is 25.2 Å². The van der Waals surface area contributed by atoms with Crippen LogP contribution in [0.1, 0.15) is 33.1 Å². The van der Waals surface area contributed by atoms with Gasteiger partial charge in [0.25, 0.3) is 0 Å². The number of para-hydroxylation sites is 1. The van der Waals surface area contributed by atoms with Gasteiger partial charge in [-0.25, -0.2) is 4.79 Å². The lowest BCUT2D eigenvalue weighted by Gasteiger charge is -2.23. The summed E-state index contributed by atoms with van der Waals surface area (Å²) < 4.78 is 0. The molecule has 5 nitrogen and oxygen atoms in total. The number of nitrogens with one attached hydrogen (secondary N) is 1. The molecule has 0 aliphatic rings. The first-order valence-corrected chi connectivity index (χ1v) is 7.33. The standard InChI is InChI=1S/C16H24N2O3/c1-13(2)10-11-17-16(21)18(12-6-9-15(19)20)14-7-4-3-5-8-14/h3-5,7-8,13H,6,9-12H2,1-2H3,(H,17,21)(H,19,20). The number of amides is 2. The Balaban J connectivity index is 2.63. The van der Waals surface area contributed by atoms with E-state index in [0.717, 1.165) is 12.1 Å². The molecule has 0 heterocycles. The van der Waals surface area contributed by atoms with Crippen molar-refractivity contribution in [1.29, 1.82) is 0 Å². The highest BCUT2D eigenvalue weighted by molar-refractivity contribution is 5.91. The minimum absolute atomic E-state index is 0.0581. The Morgan fingerprint density at radius 2 is 1.90 bits per heavy atom. The van der Waals surface area contributed by atoms with Crippen LogP contribution in [0.25, 0.3) is 0 Å². The average molecular weight is 292 g/mol. The molecule has 0 atom stereocenters. The molecule has 0 fully saturated rings. The fraction of sp³-hybridized carbons (Fsp3) is 0.500. The summed E-state index contributed by atoms with van der Waals surface area (Å²) in [6.07, 6.45) is 1.41. The molecule has 5 heteroatoms. The zero-order valence-corrected chi connectivity index (χ0v) is 12.7. The van der Waals surface area contributed by atoms with Crippen LogP contribution in [-0.4, -0.2) is 30.2 Å². The van der Waals surface area contributed by atoms with Crippen molar-refractivity contribution in [2.75, 3.05) is 18.0 Å². The van der Waals surface area contributed by atoms with Gasteiger partial charge in [0.1, 0.15) is 0 Å². The van der Waals surface area contributed by atoms with E-state index in [1.54, 1.807) is 4.90 Å². The van der Waals surface area contributed by atoms with Gasteiger partial charge in [-0.3, -0.25) is 9.69 Å². The smallest absolute Gasteiger partial charge is 0.321 e. The van der Waals surface area contributed by atoms with Crippen LogP contribution >= 0.6 is 0 Å². The van der Waals surface area contributed by atoms with Crippen LogP contribution in [0.2, 0.25) is 0 Å². The van der Waals surface area contributed by atoms with E-state index in [0.29, 0.717) is 25.4 Å².